The Morgan fingerprint density at radius 2 is 1.47 bits per heavy atom. The van der Waals surface area contributed by atoms with Gasteiger partial charge in [-0.3, -0.25) is 0 Å². The fourth-order valence-corrected chi connectivity index (χ4v) is 3.83. The standard InChI is InChI=1S/C15H27/c1-2-14(15-10-6-7-11-15)12-13-8-4-3-5-9-13/h13-15H,1-12H2. The molecule has 2 aliphatic rings. The zero-order valence-corrected chi connectivity index (χ0v) is 10.2. The minimum absolute atomic E-state index is 0.968. The fourth-order valence-electron chi connectivity index (χ4n) is 3.83. The van der Waals surface area contributed by atoms with Gasteiger partial charge in [-0.1, -0.05) is 71.1 Å². The molecule has 1 unspecified atom stereocenters. The van der Waals surface area contributed by atoms with E-state index < -0.39 is 0 Å². The van der Waals surface area contributed by atoms with Gasteiger partial charge in [-0.25, -0.2) is 0 Å². The predicted octanol–water partition coefficient (Wildman–Crippen LogP) is 4.99. The molecule has 0 aromatic heterocycles. The highest BCUT2D eigenvalue weighted by atomic mass is 14.3. The normalized spacial score (nSPS) is 27.0. The summed E-state index contributed by atoms with van der Waals surface area (Å²) < 4.78 is 0. The lowest BCUT2D eigenvalue weighted by molar-refractivity contribution is 0.231. The van der Waals surface area contributed by atoms with Crippen LogP contribution in [0.25, 0.3) is 0 Å². The third kappa shape index (κ3) is 3.23. The molecule has 0 aromatic rings. The highest BCUT2D eigenvalue weighted by Gasteiger charge is 2.26. The Bertz CT molecular complexity index is 161. The molecule has 0 heteroatoms. The third-order valence-electron chi connectivity index (χ3n) is 4.80. The van der Waals surface area contributed by atoms with Gasteiger partial charge in [0.2, 0.25) is 0 Å². The molecule has 0 nitrogen and oxygen atoms in total. The summed E-state index contributed by atoms with van der Waals surface area (Å²) >= 11 is 0. The molecule has 0 amide bonds. The monoisotopic (exact) mass is 207 g/mol. The van der Waals surface area contributed by atoms with E-state index in [1.807, 2.05) is 0 Å². The summed E-state index contributed by atoms with van der Waals surface area (Å²) in [6.07, 6.45) is 16.2. The molecule has 0 aliphatic heterocycles. The summed E-state index contributed by atoms with van der Waals surface area (Å²) in [7, 11) is 0. The molecule has 1 radical (unpaired) electrons. The SMILES string of the molecule is [CH2]CC(CC1CCCCC1)C1CCCC1. The van der Waals surface area contributed by atoms with E-state index in [1.165, 1.54) is 70.6 Å². The summed E-state index contributed by atoms with van der Waals surface area (Å²) in [4.78, 5) is 0. The van der Waals surface area contributed by atoms with Crippen LogP contribution in [0, 0.1) is 24.7 Å². The van der Waals surface area contributed by atoms with Gasteiger partial charge in [0.1, 0.15) is 0 Å². The van der Waals surface area contributed by atoms with Crippen LogP contribution < -0.4 is 0 Å². The second-order valence-corrected chi connectivity index (χ2v) is 5.83. The minimum atomic E-state index is 0.968. The van der Waals surface area contributed by atoms with Crippen molar-refractivity contribution in [3.8, 4) is 0 Å². The Hall–Kier alpha value is 0. The van der Waals surface area contributed by atoms with Gasteiger partial charge in [0.25, 0.3) is 0 Å². The van der Waals surface area contributed by atoms with Crippen LogP contribution in [0.3, 0.4) is 0 Å². The highest BCUT2D eigenvalue weighted by Crippen LogP contribution is 2.39. The smallest absolute Gasteiger partial charge is 0.0383 e. The van der Waals surface area contributed by atoms with E-state index in [0.717, 1.165) is 17.8 Å². The topological polar surface area (TPSA) is 0 Å². The van der Waals surface area contributed by atoms with Crippen molar-refractivity contribution in [2.75, 3.05) is 0 Å². The maximum absolute atomic E-state index is 4.20. The summed E-state index contributed by atoms with van der Waals surface area (Å²) in [5, 5.41) is 0. The van der Waals surface area contributed by atoms with Crippen molar-refractivity contribution in [3.63, 3.8) is 0 Å². The van der Waals surface area contributed by atoms with Crippen molar-refractivity contribution in [1.29, 1.82) is 0 Å². The average molecular weight is 207 g/mol. The van der Waals surface area contributed by atoms with E-state index in [4.69, 9.17) is 0 Å². The zero-order chi connectivity index (χ0) is 10.5. The van der Waals surface area contributed by atoms with Crippen LogP contribution in [0.2, 0.25) is 0 Å². The van der Waals surface area contributed by atoms with Crippen LogP contribution in [0.5, 0.6) is 0 Å². The van der Waals surface area contributed by atoms with E-state index in [-0.39, 0.29) is 0 Å². The van der Waals surface area contributed by atoms with Gasteiger partial charge >= 0.3 is 0 Å². The Labute approximate surface area is 95.8 Å². The Balaban J connectivity index is 1.78. The minimum Gasteiger partial charge on any atom is -0.0533 e. The number of rotatable bonds is 4. The molecule has 2 rings (SSSR count). The predicted molar refractivity (Wildman–Crippen MR) is 66.6 cm³/mol. The van der Waals surface area contributed by atoms with Crippen LogP contribution in [-0.4, -0.2) is 0 Å². The maximum Gasteiger partial charge on any atom is -0.0383 e. The van der Waals surface area contributed by atoms with Crippen molar-refractivity contribution >= 4 is 0 Å². The molecule has 87 valence electrons. The van der Waals surface area contributed by atoms with E-state index in [9.17, 15) is 0 Å². The van der Waals surface area contributed by atoms with E-state index in [2.05, 4.69) is 6.92 Å². The molecule has 2 saturated carbocycles. The first kappa shape index (κ1) is 11.5. The van der Waals surface area contributed by atoms with Crippen molar-refractivity contribution in [2.24, 2.45) is 17.8 Å². The fraction of sp³-hybridized carbons (Fsp3) is 0.933. The second-order valence-electron chi connectivity index (χ2n) is 5.83. The van der Waals surface area contributed by atoms with Gasteiger partial charge in [-0.2, -0.15) is 0 Å². The quantitative estimate of drug-likeness (QED) is 0.609. The van der Waals surface area contributed by atoms with Crippen LogP contribution >= 0.6 is 0 Å². The lowest BCUT2D eigenvalue weighted by Crippen LogP contribution is -2.17. The molecule has 0 spiro atoms. The van der Waals surface area contributed by atoms with Crippen LogP contribution in [-0.2, 0) is 0 Å². The van der Waals surface area contributed by atoms with Gasteiger partial charge in [0.15, 0.2) is 0 Å². The molecular formula is C15H27. The first-order valence-electron chi connectivity index (χ1n) is 7.19. The Kier molecular flexibility index (Phi) is 4.53. The van der Waals surface area contributed by atoms with E-state index in [0.29, 0.717) is 0 Å². The van der Waals surface area contributed by atoms with Gasteiger partial charge in [0, 0.05) is 0 Å². The van der Waals surface area contributed by atoms with E-state index in [1.54, 1.807) is 0 Å². The molecule has 0 saturated heterocycles. The number of hydrogen-bond acceptors (Lipinski definition) is 0. The van der Waals surface area contributed by atoms with Crippen molar-refractivity contribution in [2.45, 2.75) is 70.6 Å². The summed E-state index contributed by atoms with van der Waals surface area (Å²) in [6.45, 7) is 4.20. The van der Waals surface area contributed by atoms with Crippen LogP contribution in [0.15, 0.2) is 0 Å². The zero-order valence-electron chi connectivity index (χ0n) is 10.2. The van der Waals surface area contributed by atoms with Crippen molar-refractivity contribution in [3.05, 3.63) is 6.92 Å². The molecule has 0 aromatic carbocycles. The molecule has 0 N–H and O–H groups in total. The highest BCUT2D eigenvalue weighted by molar-refractivity contribution is 4.79. The molecule has 15 heavy (non-hydrogen) atoms. The van der Waals surface area contributed by atoms with Gasteiger partial charge in [-0.05, 0) is 24.2 Å². The van der Waals surface area contributed by atoms with Gasteiger partial charge in [-0.15, -0.1) is 0 Å². The number of hydrogen-bond donors (Lipinski definition) is 0. The average Bonchev–Trinajstić information content (AvgIpc) is 2.81. The summed E-state index contributed by atoms with van der Waals surface area (Å²) in [5.41, 5.74) is 0. The largest absolute Gasteiger partial charge is 0.0533 e. The van der Waals surface area contributed by atoms with Crippen LogP contribution in [0.1, 0.15) is 70.6 Å². The van der Waals surface area contributed by atoms with Gasteiger partial charge < -0.3 is 0 Å². The summed E-state index contributed by atoms with van der Waals surface area (Å²) in [5.74, 6) is 3.08. The van der Waals surface area contributed by atoms with Crippen molar-refractivity contribution in [1.82, 2.24) is 0 Å². The third-order valence-corrected chi connectivity index (χ3v) is 4.80. The lowest BCUT2D eigenvalue weighted by Gasteiger charge is -2.29. The van der Waals surface area contributed by atoms with Crippen molar-refractivity contribution < 1.29 is 0 Å². The summed E-state index contributed by atoms with van der Waals surface area (Å²) in [6, 6.07) is 0. The first-order valence-corrected chi connectivity index (χ1v) is 7.19. The maximum atomic E-state index is 4.20. The Morgan fingerprint density at radius 3 is 2.07 bits per heavy atom. The molecule has 2 fully saturated rings. The second kappa shape index (κ2) is 5.92. The molecule has 2 aliphatic carbocycles. The molecule has 1 atom stereocenters. The Morgan fingerprint density at radius 1 is 0.867 bits per heavy atom. The molecule has 0 bridgehead atoms. The van der Waals surface area contributed by atoms with Gasteiger partial charge in [0.05, 0.1) is 0 Å². The molecular weight excluding hydrogens is 180 g/mol. The lowest BCUT2D eigenvalue weighted by atomic mass is 9.77. The van der Waals surface area contributed by atoms with Crippen LogP contribution in [0.4, 0.5) is 0 Å². The molecule has 0 heterocycles. The van der Waals surface area contributed by atoms with E-state index >= 15 is 0 Å². The first-order chi connectivity index (χ1) is 7.40.